The summed E-state index contributed by atoms with van der Waals surface area (Å²) < 4.78 is 10.7. The van der Waals surface area contributed by atoms with Crippen LogP contribution in [0.1, 0.15) is 36.2 Å². The van der Waals surface area contributed by atoms with E-state index in [1.54, 1.807) is 19.4 Å². The second kappa shape index (κ2) is 7.96. The molecule has 7 heteroatoms. The van der Waals surface area contributed by atoms with Gasteiger partial charge in [-0.15, -0.1) is 0 Å². The second-order valence-electron chi connectivity index (χ2n) is 6.05. The monoisotopic (exact) mass is 351 g/mol. The van der Waals surface area contributed by atoms with Crippen molar-refractivity contribution in [2.24, 2.45) is 0 Å². The fraction of sp³-hybridized carbons (Fsp3) is 0.529. The number of hydrogen-bond acceptors (Lipinski definition) is 4. The van der Waals surface area contributed by atoms with Gasteiger partial charge in [-0.05, 0) is 37.8 Å². The fourth-order valence-electron chi connectivity index (χ4n) is 3.12. The molecule has 1 saturated carbocycles. The van der Waals surface area contributed by atoms with Crippen molar-refractivity contribution in [1.82, 2.24) is 15.3 Å². The molecule has 0 aromatic carbocycles. The zero-order valence-corrected chi connectivity index (χ0v) is 14.4. The number of carbonyl (C=O) groups is 1. The van der Waals surface area contributed by atoms with Gasteiger partial charge in [0.1, 0.15) is 5.15 Å². The predicted molar refractivity (Wildman–Crippen MR) is 92.4 cm³/mol. The van der Waals surface area contributed by atoms with E-state index in [1.807, 2.05) is 6.07 Å². The van der Waals surface area contributed by atoms with E-state index in [2.05, 4.69) is 15.3 Å². The summed E-state index contributed by atoms with van der Waals surface area (Å²) in [6, 6.07) is 3.76. The molecule has 2 aromatic heterocycles. The molecule has 0 radical (unpaired) electrons. The third-order valence-electron chi connectivity index (χ3n) is 4.37. The van der Waals surface area contributed by atoms with Crippen molar-refractivity contribution in [2.75, 3.05) is 20.3 Å². The summed E-state index contributed by atoms with van der Waals surface area (Å²) in [5, 5.41) is 4.28. The quantitative estimate of drug-likeness (QED) is 0.619. The Bertz CT molecular complexity index is 695. The number of fused-ring (bicyclic) bond motifs is 1. The Balaban J connectivity index is 1.57. The van der Waals surface area contributed by atoms with E-state index < -0.39 is 0 Å². The Morgan fingerprint density at radius 3 is 2.92 bits per heavy atom. The molecule has 0 unspecified atom stereocenters. The van der Waals surface area contributed by atoms with Crippen LogP contribution < -0.4 is 5.32 Å². The van der Waals surface area contributed by atoms with Crippen LogP contribution in [0.3, 0.4) is 0 Å². The van der Waals surface area contributed by atoms with Crippen LogP contribution in [0.15, 0.2) is 18.3 Å². The number of aromatic nitrogens is 2. The van der Waals surface area contributed by atoms with Gasteiger partial charge in [-0.2, -0.15) is 0 Å². The Kier molecular flexibility index (Phi) is 5.71. The lowest BCUT2D eigenvalue weighted by Crippen LogP contribution is -2.39. The van der Waals surface area contributed by atoms with Crippen molar-refractivity contribution < 1.29 is 14.3 Å². The summed E-state index contributed by atoms with van der Waals surface area (Å²) in [7, 11) is 1.67. The summed E-state index contributed by atoms with van der Waals surface area (Å²) in [5.74, 6) is -0.186. The van der Waals surface area contributed by atoms with E-state index >= 15 is 0 Å². The van der Waals surface area contributed by atoms with Crippen molar-refractivity contribution >= 4 is 28.4 Å². The van der Waals surface area contributed by atoms with Gasteiger partial charge in [0.15, 0.2) is 5.69 Å². The first kappa shape index (κ1) is 17.2. The molecule has 1 fully saturated rings. The third-order valence-corrected chi connectivity index (χ3v) is 4.57. The largest absolute Gasteiger partial charge is 0.382 e. The minimum absolute atomic E-state index is 0.144. The number of rotatable bonds is 6. The summed E-state index contributed by atoms with van der Waals surface area (Å²) in [6.45, 7) is 1.23. The molecule has 3 rings (SSSR count). The topological polar surface area (TPSA) is 76.2 Å². The van der Waals surface area contributed by atoms with Gasteiger partial charge in [0.2, 0.25) is 0 Å². The molecule has 130 valence electrons. The van der Waals surface area contributed by atoms with Crippen LogP contribution in [0.5, 0.6) is 0 Å². The van der Waals surface area contributed by atoms with E-state index in [-0.39, 0.29) is 18.1 Å². The minimum atomic E-state index is -0.186. The smallest absolute Gasteiger partial charge is 0.272 e. The van der Waals surface area contributed by atoms with Crippen LogP contribution in [-0.2, 0) is 9.47 Å². The van der Waals surface area contributed by atoms with Crippen molar-refractivity contribution in [3.05, 3.63) is 29.2 Å². The number of hydrogen-bond donors (Lipinski definition) is 2. The van der Waals surface area contributed by atoms with Crippen LogP contribution in [0.4, 0.5) is 0 Å². The Morgan fingerprint density at radius 1 is 1.38 bits per heavy atom. The predicted octanol–water partition coefficient (Wildman–Crippen LogP) is 2.92. The lowest BCUT2D eigenvalue weighted by molar-refractivity contribution is -0.00409. The molecule has 2 heterocycles. The highest BCUT2D eigenvalue weighted by molar-refractivity contribution is 6.30. The van der Waals surface area contributed by atoms with E-state index in [0.29, 0.717) is 29.6 Å². The highest BCUT2D eigenvalue weighted by Crippen LogP contribution is 2.23. The standard InChI is InChI=1S/C17H22ClN3O3/c1-23-8-9-24-13-4-2-12(3-5-13)20-17(22)16-15-11(6-7-19-15)10-14(18)21-16/h6-7,10,12-13,19H,2-5,8-9H2,1H3,(H,20,22). The number of nitrogens with one attached hydrogen (secondary N) is 2. The SMILES string of the molecule is COCCOC1CCC(NC(=O)c2nc(Cl)cc3cc[nH]c23)CC1. The molecule has 6 nitrogen and oxygen atoms in total. The van der Waals surface area contributed by atoms with Gasteiger partial charge in [0.25, 0.3) is 5.91 Å². The number of aromatic amines is 1. The van der Waals surface area contributed by atoms with Gasteiger partial charge in [-0.1, -0.05) is 11.6 Å². The zero-order valence-electron chi connectivity index (χ0n) is 13.7. The highest BCUT2D eigenvalue weighted by atomic mass is 35.5. The molecule has 1 amide bonds. The van der Waals surface area contributed by atoms with E-state index in [0.717, 1.165) is 31.1 Å². The van der Waals surface area contributed by atoms with Gasteiger partial charge < -0.3 is 19.8 Å². The van der Waals surface area contributed by atoms with Gasteiger partial charge in [0, 0.05) is 24.7 Å². The number of nitrogens with zero attached hydrogens (tertiary/aromatic N) is 1. The van der Waals surface area contributed by atoms with E-state index in [9.17, 15) is 4.79 Å². The van der Waals surface area contributed by atoms with Crippen LogP contribution in [0, 0.1) is 0 Å². The van der Waals surface area contributed by atoms with Crippen LogP contribution in [-0.4, -0.2) is 48.3 Å². The van der Waals surface area contributed by atoms with Crippen LogP contribution in [0.25, 0.3) is 10.9 Å². The summed E-state index contributed by atoms with van der Waals surface area (Å²) in [5.41, 5.74) is 1.06. The summed E-state index contributed by atoms with van der Waals surface area (Å²) >= 11 is 6.02. The first-order valence-corrected chi connectivity index (χ1v) is 8.60. The molecule has 0 saturated heterocycles. The first-order chi connectivity index (χ1) is 11.7. The van der Waals surface area contributed by atoms with Crippen LogP contribution in [0.2, 0.25) is 5.15 Å². The molecule has 1 aliphatic carbocycles. The zero-order chi connectivity index (χ0) is 16.9. The number of carbonyl (C=O) groups excluding carboxylic acids is 1. The van der Waals surface area contributed by atoms with Crippen LogP contribution >= 0.6 is 11.6 Å². The van der Waals surface area contributed by atoms with Crippen molar-refractivity contribution in [3.8, 4) is 0 Å². The molecule has 0 bridgehead atoms. The molecule has 24 heavy (non-hydrogen) atoms. The number of methoxy groups -OCH3 is 1. The minimum Gasteiger partial charge on any atom is -0.382 e. The maximum Gasteiger partial charge on any atom is 0.272 e. The molecule has 0 atom stereocenters. The summed E-state index contributed by atoms with van der Waals surface area (Å²) in [4.78, 5) is 19.8. The lowest BCUT2D eigenvalue weighted by Gasteiger charge is -2.29. The van der Waals surface area contributed by atoms with Gasteiger partial charge in [0.05, 0.1) is 24.8 Å². The van der Waals surface area contributed by atoms with Crippen molar-refractivity contribution in [2.45, 2.75) is 37.8 Å². The Morgan fingerprint density at radius 2 is 2.17 bits per heavy atom. The highest BCUT2D eigenvalue weighted by Gasteiger charge is 2.24. The van der Waals surface area contributed by atoms with E-state index in [1.165, 1.54) is 0 Å². The average Bonchev–Trinajstić information content (AvgIpc) is 3.04. The van der Waals surface area contributed by atoms with E-state index in [4.69, 9.17) is 21.1 Å². The first-order valence-electron chi connectivity index (χ1n) is 8.22. The lowest BCUT2D eigenvalue weighted by atomic mass is 9.93. The number of ether oxygens (including phenoxy) is 2. The average molecular weight is 352 g/mol. The Hall–Kier alpha value is -1.63. The van der Waals surface area contributed by atoms with Gasteiger partial charge in [-0.25, -0.2) is 4.98 Å². The molecule has 1 aliphatic rings. The van der Waals surface area contributed by atoms with Crippen molar-refractivity contribution in [1.29, 1.82) is 0 Å². The maximum atomic E-state index is 12.6. The van der Waals surface area contributed by atoms with Gasteiger partial charge >= 0.3 is 0 Å². The second-order valence-corrected chi connectivity index (χ2v) is 6.43. The Labute approximate surface area is 145 Å². The normalized spacial score (nSPS) is 21.1. The molecule has 2 aromatic rings. The summed E-state index contributed by atoms with van der Waals surface area (Å²) in [6.07, 6.45) is 5.72. The molecular formula is C17H22ClN3O3. The van der Waals surface area contributed by atoms with Crippen molar-refractivity contribution in [3.63, 3.8) is 0 Å². The number of H-pyrrole nitrogens is 1. The maximum absolute atomic E-state index is 12.6. The molecule has 2 N–H and O–H groups in total. The molecular weight excluding hydrogens is 330 g/mol. The molecule has 0 aliphatic heterocycles. The number of halogens is 1. The number of pyridine rings is 1. The molecule has 0 spiro atoms. The fourth-order valence-corrected chi connectivity index (χ4v) is 3.32. The van der Waals surface area contributed by atoms with Gasteiger partial charge in [-0.3, -0.25) is 4.79 Å². The third kappa shape index (κ3) is 4.06. The number of amides is 1.